The summed E-state index contributed by atoms with van der Waals surface area (Å²) in [6, 6.07) is 3.89. The molecule has 0 fully saturated rings. The topological polar surface area (TPSA) is 43.0 Å². The van der Waals surface area contributed by atoms with Crippen molar-refractivity contribution in [2.24, 2.45) is 0 Å². The van der Waals surface area contributed by atoms with Gasteiger partial charge in [-0.1, -0.05) is 0 Å². The minimum Gasteiger partial charge on any atom is -0.387 e. The molecule has 0 saturated heterocycles. The van der Waals surface area contributed by atoms with Crippen LogP contribution in [-0.4, -0.2) is 19.5 Å². The Bertz CT molecular complexity index is 456. The molecule has 2 heterocycles. The Hall–Kier alpha value is -1.55. The van der Waals surface area contributed by atoms with Gasteiger partial charge >= 0.3 is 0 Å². The second kappa shape index (κ2) is 4.53. The predicted molar refractivity (Wildman–Crippen MR) is 62.1 cm³/mol. The maximum atomic E-state index is 9.58. The summed E-state index contributed by atoms with van der Waals surface area (Å²) in [5, 5.41) is 13.8. The first-order valence-corrected chi connectivity index (χ1v) is 5.55. The van der Waals surface area contributed by atoms with Gasteiger partial charge in [0.25, 0.3) is 0 Å². The summed E-state index contributed by atoms with van der Waals surface area (Å²) >= 11 is 0. The number of hydrogen-bond donors (Lipinski definition) is 1. The van der Waals surface area contributed by atoms with Gasteiger partial charge in [0.15, 0.2) is 0 Å². The second-order valence-corrected chi connectivity index (χ2v) is 3.94. The molecule has 0 bridgehead atoms. The van der Waals surface area contributed by atoms with Crippen molar-refractivity contribution < 1.29 is 5.11 Å². The van der Waals surface area contributed by atoms with Crippen LogP contribution in [-0.2, 0) is 13.1 Å². The molecule has 1 atom stereocenters. The first kappa shape index (κ1) is 11.0. The van der Waals surface area contributed by atoms with Gasteiger partial charge in [0.2, 0.25) is 0 Å². The fraction of sp³-hybridized carbons (Fsp3) is 0.417. The molecule has 0 aromatic carbocycles. The van der Waals surface area contributed by atoms with E-state index in [9.17, 15) is 5.11 Å². The van der Waals surface area contributed by atoms with Gasteiger partial charge < -0.3 is 9.67 Å². The Morgan fingerprint density at radius 3 is 2.94 bits per heavy atom. The Morgan fingerprint density at radius 1 is 1.50 bits per heavy atom. The molecule has 2 aromatic rings. The second-order valence-electron chi connectivity index (χ2n) is 3.94. The molecule has 86 valence electrons. The van der Waals surface area contributed by atoms with E-state index in [4.69, 9.17) is 0 Å². The number of hydrogen-bond acceptors (Lipinski definition) is 2. The van der Waals surface area contributed by atoms with Crippen molar-refractivity contribution in [2.45, 2.75) is 33.0 Å². The van der Waals surface area contributed by atoms with Crippen molar-refractivity contribution in [2.75, 3.05) is 0 Å². The average molecular weight is 219 g/mol. The first-order chi connectivity index (χ1) is 7.70. The summed E-state index contributed by atoms with van der Waals surface area (Å²) in [6.07, 6.45) is 5.45. The van der Waals surface area contributed by atoms with Crippen LogP contribution < -0.4 is 0 Å². The van der Waals surface area contributed by atoms with Gasteiger partial charge in [0.05, 0.1) is 18.8 Å². The molecule has 0 aliphatic carbocycles. The van der Waals surface area contributed by atoms with E-state index in [1.54, 1.807) is 6.92 Å². The van der Waals surface area contributed by atoms with Gasteiger partial charge in [-0.15, -0.1) is 0 Å². The lowest BCUT2D eigenvalue weighted by atomic mass is 10.3. The highest BCUT2D eigenvalue weighted by atomic mass is 16.3. The third kappa shape index (κ3) is 2.17. The maximum absolute atomic E-state index is 9.58. The van der Waals surface area contributed by atoms with Crippen LogP contribution in [0.2, 0.25) is 0 Å². The lowest BCUT2D eigenvalue weighted by molar-refractivity contribution is 0.190. The van der Waals surface area contributed by atoms with Crippen LogP contribution in [0, 0.1) is 0 Å². The van der Waals surface area contributed by atoms with Crippen molar-refractivity contribution in [3.63, 3.8) is 0 Å². The normalized spacial score (nSPS) is 12.9. The zero-order chi connectivity index (χ0) is 11.5. The van der Waals surface area contributed by atoms with Crippen molar-refractivity contribution >= 4 is 0 Å². The minimum absolute atomic E-state index is 0.434. The molecule has 4 nitrogen and oxygen atoms in total. The van der Waals surface area contributed by atoms with Crippen molar-refractivity contribution in [3.05, 3.63) is 42.0 Å². The zero-order valence-corrected chi connectivity index (χ0v) is 9.67. The van der Waals surface area contributed by atoms with Gasteiger partial charge in [0.1, 0.15) is 0 Å². The van der Waals surface area contributed by atoms with Crippen LogP contribution in [0.25, 0.3) is 0 Å². The van der Waals surface area contributed by atoms with Crippen LogP contribution >= 0.6 is 0 Å². The molecule has 0 radical (unpaired) electrons. The summed E-state index contributed by atoms with van der Waals surface area (Å²) in [7, 11) is 0. The molecule has 0 aliphatic rings. The van der Waals surface area contributed by atoms with E-state index in [-0.39, 0.29) is 0 Å². The highest BCUT2D eigenvalue weighted by Gasteiger charge is 2.07. The molecule has 0 aliphatic heterocycles. The average Bonchev–Trinajstić information content (AvgIpc) is 2.87. The third-order valence-electron chi connectivity index (χ3n) is 2.66. The van der Waals surface area contributed by atoms with E-state index in [1.807, 2.05) is 40.0 Å². The molecular weight excluding hydrogens is 202 g/mol. The zero-order valence-electron chi connectivity index (χ0n) is 9.67. The third-order valence-corrected chi connectivity index (χ3v) is 2.66. The van der Waals surface area contributed by atoms with E-state index in [2.05, 4.69) is 12.0 Å². The number of aryl methyl sites for hydroxylation is 1. The SMILES string of the molecule is CCn1cc(Cn2cccc2C(C)O)cn1. The van der Waals surface area contributed by atoms with Crippen molar-refractivity contribution in [1.82, 2.24) is 14.3 Å². The molecule has 4 heteroatoms. The predicted octanol–water partition coefficient (Wildman–Crippen LogP) is 1.81. The molecule has 2 rings (SSSR count). The Kier molecular flexibility index (Phi) is 3.10. The van der Waals surface area contributed by atoms with Crippen LogP contribution in [0.5, 0.6) is 0 Å². The summed E-state index contributed by atoms with van der Waals surface area (Å²) < 4.78 is 3.95. The number of aliphatic hydroxyl groups excluding tert-OH is 1. The van der Waals surface area contributed by atoms with E-state index in [0.29, 0.717) is 0 Å². The summed E-state index contributed by atoms with van der Waals surface area (Å²) in [5.41, 5.74) is 2.09. The van der Waals surface area contributed by atoms with Crippen LogP contribution in [0.15, 0.2) is 30.7 Å². The standard InChI is InChI=1S/C12H17N3O/c1-3-15-9-11(7-13-15)8-14-6-4-5-12(14)10(2)16/h4-7,9-10,16H,3,8H2,1-2H3. The monoisotopic (exact) mass is 219 g/mol. The largest absolute Gasteiger partial charge is 0.387 e. The van der Waals surface area contributed by atoms with E-state index in [0.717, 1.165) is 24.3 Å². The number of rotatable bonds is 4. The van der Waals surface area contributed by atoms with E-state index in [1.165, 1.54) is 0 Å². The first-order valence-electron chi connectivity index (χ1n) is 5.55. The van der Waals surface area contributed by atoms with Crippen LogP contribution in [0.4, 0.5) is 0 Å². The van der Waals surface area contributed by atoms with E-state index >= 15 is 0 Å². The molecule has 0 spiro atoms. The van der Waals surface area contributed by atoms with Crippen LogP contribution in [0.1, 0.15) is 31.2 Å². The van der Waals surface area contributed by atoms with Gasteiger partial charge in [-0.25, -0.2) is 0 Å². The van der Waals surface area contributed by atoms with Gasteiger partial charge in [-0.05, 0) is 26.0 Å². The molecule has 1 unspecified atom stereocenters. The van der Waals surface area contributed by atoms with Crippen LogP contribution in [0.3, 0.4) is 0 Å². The lowest BCUT2D eigenvalue weighted by Crippen LogP contribution is -2.05. The number of aliphatic hydroxyl groups is 1. The molecule has 1 N–H and O–H groups in total. The van der Waals surface area contributed by atoms with E-state index < -0.39 is 6.10 Å². The summed E-state index contributed by atoms with van der Waals surface area (Å²) in [6.45, 7) is 5.48. The molecule has 0 amide bonds. The number of nitrogens with zero attached hydrogens (tertiary/aromatic N) is 3. The quantitative estimate of drug-likeness (QED) is 0.852. The Balaban J connectivity index is 2.17. The maximum Gasteiger partial charge on any atom is 0.0911 e. The lowest BCUT2D eigenvalue weighted by Gasteiger charge is -2.09. The highest BCUT2D eigenvalue weighted by molar-refractivity contribution is 5.13. The molecule has 0 saturated carbocycles. The fourth-order valence-corrected chi connectivity index (χ4v) is 1.81. The fourth-order valence-electron chi connectivity index (χ4n) is 1.81. The molecular formula is C12H17N3O. The van der Waals surface area contributed by atoms with Gasteiger partial charge in [0, 0.05) is 30.2 Å². The molecule has 16 heavy (non-hydrogen) atoms. The smallest absolute Gasteiger partial charge is 0.0911 e. The van der Waals surface area contributed by atoms with Gasteiger partial charge in [-0.2, -0.15) is 5.10 Å². The Morgan fingerprint density at radius 2 is 2.31 bits per heavy atom. The summed E-state index contributed by atoms with van der Waals surface area (Å²) in [5.74, 6) is 0. The van der Waals surface area contributed by atoms with Crippen molar-refractivity contribution in [1.29, 1.82) is 0 Å². The minimum atomic E-state index is -0.434. The summed E-state index contributed by atoms with van der Waals surface area (Å²) in [4.78, 5) is 0. The van der Waals surface area contributed by atoms with Gasteiger partial charge in [-0.3, -0.25) is 4.68 Å². The Labute approximate surface area is 95.1 Å². The van der Waals surface area contributed by atoms with Crippen molar-refractivity contribution in [3.8, 4) is 0 Å². The number of aromatic nitrogens is 3. The highest BCUT2D eigenvalue weighted by Crippen LogP contribution is 2.14. The molecule has 2 aromatic heterocycles.